The first-order valence-electron chi connectivity index (χ1n) is 14.1. The summed E-state index contributed by atoms with van der Waals surface area (Å²) in [6, 6.07) is 9.15. The Labute approximate surface area is 245 Å². The molecule has 0 amide bonds. The summed E-state index contributed by atoms with van der Waals surface area (Å²) < 4.78 is 17.5. The summed E-state index contributed by atoms with van der Waals surface area (Å²) >= 11 is 0. The van der Waals surface area contributed by atoms with Gasteiger partial charge in [-0.3, -0.25) is 4.98 Å². The van der Waals surface area contributed by atoms with Crippen LogP contribution in [0.4, 0.5) is 11.5 Å². The van der Waals surface area contributed by atoms with Crippen LogP contribution in [0.25, 0.3) is 11.0 Å². The van der Waals surface area contributed by atoms with Gasteiger partial charge in [-0.1, -0.05) is 40.5 Å². The Morgan fingerprint density at radius 2 is 1.83 bits per heavy atom. The normalized spacial score (nSPS) is 13.5. The monoisotopic (exact) mass is 582 g/mol. The number of hydrogen-bond donors (Lipinski definition) is 3. The Morgan fingerprint density at radius 1 is 1.10 bits per heavy atom. The minimum Gasteiger partial charge on any atom is -0.497 e. The van der Waals surface area contributed by atoms with Crippen molar-refractivity contribution in [1.82, 2.24) is 9.97 Å². The van der Waals surface area contributed by atoms with Gasteiger partial charge in [0.15, 0.2) is 8.32 Å². The van der Waals surface area contributed by atoms with Crippen LogP contribution in [0.15, 0.2) is 36.5 Å². The summed E-state index contributed by atoms with van der Waals surface area (Å²) in [6.07, 6.45) is 4.44. The molecule has 0 fully saturated rings. The molecule has 41 heavy (non-hydrogen) atoms. The number of ether oxygens (including phenoxy) is 2. The van der Waals surface area contributed by atoms with E-state index in [2.05, 4.69) is 68.3 Å². The number of nitrogens with one attached hydrogen (secondary N) is 2. The van der Waals surface area contributed by atoms with E-state index in [4.69, 9.17) is 13.9 Å². The van der Waals surface area contributed by atoms with Crippen molar-refractivity contribution in [3.05, 3.63) is 47.7 Å². The number of aromatic nitrogens is 2. The molecule has 0 radical (unpaired) electrons. The van der Waals surface area contributed by atoms with E-state index in [-0.39, 0.29) is 16.4 Å². The molecule has 3 rings (SSSR count). The van der Waals surface area contributed by atoms with E-state index in [0.717, 1.165) is 24.8 Å². The molecule has 2 aromatic heterocycles. The van der Waals surface area contributed by atoms with Gasteiger partial charge in [0.1, 0.15) is 28.4 Å². The molecule has 3 N–H and O–H groups in total. The first kappa shape index (κ1) is 32.1. The van der Waals surface area contributed by atoms with Crippen LogP contribution in [0, 0.1) is 0 Å². The number of anilines is 2. The topological polar surface area (TPSA) is 115 Å². The molecule has 3 aromatic rings. The molecule has 224 valence electrons. The van der Waals surface area contributed by atoms with Gasteiger partial charge in [0, 0.05) is 24.4 Å². The van der Waals surface area contributed by atoms with E-state index >= 15 is 0 Å². The number of fused-ring (bicyclic) bond motifs is 1. The van der Waals surface area contributed by atoms with E-state index in [9.17, 15) is 9.90 Å². The number of rotatable bonds is 14. The van der Waals surface area contributed by atoms with Crippen LogP contribution in [-0.4, -0.2) is 55.7 Å². The summed E-state index contributed by atoms with van der Waals surface area (Å²) in [5, 5.41) is 17.4. The molecule has 0 aliphatic carbocycles. The third-order valence-corrected chi connectivity index (χ3v) is 12.4. The number of hydrogen-bond acceptors (Lipinski definition) is 8. The van der Waals surface area contributed by atoms with Gasteiger partial charge in [-0.25, -0.2) is 9.78 Å². The number of nitrogens with zero attached hydrogens (tertiary/aromatic N) is 2. The highest BCUT2D eigenvalue weighted by Gasteiger charge is 2.40. The fourth-order valence-corrected chi connectivity index (χ4v) is 5.44. The number of carboxylic acids is 1. The summed E-state index contributed by atoms with van der Waals surface area (Å²) in [5.41, 5.74) is 1.88. The maximum atomic E-state index is 12.8. The smallest absolute Gasteiger partial charge is 0.341 e. The second-order valence-corrected chi connectivity index (χ2v) is 17.1. The number of benzene rings is 1. The standard InChI is InChI=1S/C31H46N4O5Si/c1-10-11-16-31(5,20-40-41(8,9)30(2,3)4)35-27-25(29(36)37)28(34-23-13-12-17-32-26(23)27)33-19-21-14-15-22(38-6)18-24(21)39-7/h12-15,17-18H,10-11,16,19-20H2,1-9H3,(H,36,37)(H2,33,34,35). The van der Waals surface area contributed by atoms with Crippen LogP contribution >= 0.6 is 0 Å². The number of unbranched alkanes of at least 4 members (excludes halogenated alkanes) is 1. The van der Waals surface area contributed by atoms with Gasteiger partial charge in [0.25, 0.3) is 0 Å². The van der Waals surface area contributed by atoms with Gasteiger partial charge in [0.2, 0.25) is 0 Å². The molecule has 1 aromatic carbocycles. The molecule has 0 aliphatic rings. The van der Waals surface area contributed by atoms with Gasteiger partial charge < -0.3 is 29.6 Å². The second-order valence-electron chi connectivity index (χ2n) is 12.3. The third kappa shape index (κ3) is 7.68. The summed E-state index contributed by atoms with van der Waals surface area (Å²) in [5.74, 6) is 0.454. The predicted molar refractivity (Wildman–Crippen MR) is 168 cm³/mol. The van der Waals surface area contributed by atoms with Crippen molar-refractivity contribution >= 4 is 36.8 Å². The van der Waals surface area contributed by atoms with Crippen LogP contribution in [-0.2, 0) is 11.0 Å². The molecule has 0 spiro atoms. The van der Waals surface area contributed by atoms with Crippen molar-refractivity contribution in [2.75, 3.05) is 31.5 Å². The number of carboxylic acid groups (broad SMARTS) is 1. The van der Waals surface area contributed by atoms with Crippen molar-refractivity contribution in [2.24, 2.45) is 0 Å². The summed E-state index contributed by atoms with van der Waals surface area (Å²) in [6.45, 7) is 16.1. The van der Waals surface area contributed by atoms with Crippen LogP contribution in [0.2, 0.25) is 18.1 Å². The summed E-state index contributed by atoms with van der Waals surface area (Å²) in [4.78, 5) is 22.1. The van der Waals surface area contributed by atoms with Gasteiger partial charge in [0.05, 0.1) is 37.6 Å². The second kappa shape index (κ2) is 13.1. The molecular weight excluding hydrogens is 536 g/mol. The average Bonchev–Trinajstić information content (AvgIpc) is 2.93. The van der Waals surface area contributed by atoms with Gasteiger partial charge in [-0.2, -0.15) is 0 Å². The van der Waals surface area contributed by atoms with E-state index in [0.29, 0.717) is 41.4 Å². The molecule has 0 bridgehead atoms. The van der Waals surface area contributed by atoms with E-state index in [1.54, 1.807) is 32.5 Å². The zero-order chi connectivity index (χ0) is 30.4. The number of pyridine rings is 2. The van der Waals surface area contributed by atoms with Crippen LogP contribution in [0.1, 0.15) is 69.8 Å². The molecule has 10 heteroatoms. The van der Waals surface area contributed by atoms with Gasteiger partial charge in [-0.05, 0) is 55.7 Å². The zero-order valence-electron chi connectivity index (χ0n) is 26.0. The highest BCUT2D eigenvalue weighted by atomic mass is 28.4. The van der Waals surface area contributed by atoms with Gasteiger partial charge in [-0.15, -0.1) is 0 Å². The van der Waals surface area contributed by atoms with Crippen LogP contribution < -0.4 is 20.1 Å². The fourth-order valence-electron chi connectivity index (χ4n) is 4.32. The van der Waals surface area contributed by atoms with Crippen molar-refractivity contribution in [2.45, 2.75) is 84.1 Å². The average molecular weight is 583 g/mol. The minimum atomic E-state index is -2.05. The molecular formula is C31H46N4O5Si. The van der Waals surface area contributed by atoms with Crippen LogP contribution in [0.3, 0.4) is 0 Å². The quantitative estimate of drug-likeness (QED) is 0.168. The molecule has 0 saturated carbocycles. The maximum Gasteiger partial charge on any atom is 0.341 e. The predicted octanol–water partition coefficient (Wildman–Crippen LogP) is 7.34. The molecule has 9 nitrogen and oxygen atoms in total. The Balaban J connectivity index is 2.07. The number of carbonyl (C=O) groups is 1. The fraction of sp³-hybridized carbons (Fsp3) is 0.516. The number of methoxy groups -OCH3 is 2. The van der Waals surface area contributed by atoms with Crippen LogP contribution in [0.5, 0.6) is 11.5 Å². The Hall–Kier alpha value is -3.37. The zero-order valence-corrected chi connectivity index (χ0v) is 27.0. The summed E-state index contributed by atoms with van der Waals surface area (Å²) in [7, 11) is 1.13. The Morgan fingerprint density at radius 3 is 2.44 bits per heavy atom. The lowest BCUT2D eigenvalue weighted by Gasteiger charge is -2.41. The lowest BCUT2D eigenvalue weighted by Crippen LogP contribution is -2.48. The first-order chi connectivity index (χ1) is 19.2. The highest BCUT2D eigenvalue weighted by molar-refractivity contribution is 6.74. The molecule has 1 atom stereocenters. The van der Waals surface area contributed by atoms with E-state index in [1.165, 1.54) is 0 Å². The molecule has 0 saturated heterocycles. The lowest BCUT2D eigenvalue weighted by atomic mass is 9.94. The van der Waals surface area contributed by atoms with Gasteiger partial charge >= 0.3 is 5.97 Å². The van der Waals surface area contributed by atoms with Crippen molar-refractivity contribution < 1.29 is 23.8 Å². The van der Waals surface area contributed by atoms with Crippen molar-refractivity contribution in [3.63, 3.8) is 0 Å². The first-order valence-corrected chi connectivity index (χ1v) is 17.0. The lowest BCUT2D eigenvalue weighted by molar-refractivity contribution is 0.0698. The third-order valence-electron chi connectivity index (χ3n) is 7.96. The maximum absolute atomic E-state index is 12.8. The van der Waals surface area contributed by atoms with E-state index in [1.807, 2.05) is 18.2 Å². The van der Waals surface area contributed by atoms with Crippen molar-refractivity contribution in [1.29, 1.82) is 0 Å². The Bertz CT molecular complexity index is 1360. The molecule has 2 heterocycles. The highest BCUT2D eigenvalue weighted by Crippen LogP contribution is 2.39. The minimum absolute atomic E-state index is 0.0405. The SMILES string of the molecule is CCCCC(C)(CO[Si](C)(C)C(C)(C)C)Nc1c(C(=O)O)c(NCc2ccc(OC)cc2OC)nc2cccnc12. The molecule has 0 aliphatic heterocycles. The number of aromatic carboxylic acids is 1. The van der Waals surface area contributed by atoms with Crippen molar-refractivity contribution in [3.8, 4) is 11.5 Å². The largest absolute Gasteiger partial charge is 0.497 e. The van der Waals surface area contributed by atoms with E-state index < -0.39 is 19.8 Å². The Kier molecular flexibility index (Phi) is 10.3. The molecule has 1 unspecified atom stereocenters.